The molecule has 0 aliphatic rings. The van der Waals surface area contributed by atoms with Crippen LogP contribution in [0.4, 0.5) is 10.5 Å². The van der Waals surface area contributed by atoms with E-state index in [9.17, 15) is 4.79 Å². The molecule has 94 valence electrons. The minimum atomic E-state index is -0.354. The summed E-state index contributed by atoms with van der Waals surface area (Å²) in [7, 11) is 0. The van der Waals surface area contributed by atoms with E-state index in [1.54, 1.807) is 31.2 Å². The van der Waals surface area contributed by atoms with Crippen LogP contribution in [0.2, 0.25) is 5.02 Å². The van der Waals surface area contributed by atoms with Gasteiger partial charge in [-0.3, -0.25) is 0 Å². The largest absolute Gasteiger partial charge is 0.337 e. The highest BCUT2D eigenvalue weighted by Gasteiger charge is 2.05. The van der Waals surface area contributed by atoms with Gasteiger partial charge < -0.3 is 15.2 Å². The Bertz CT molecular complexity index is 538. The molecular formula is C11H11ClN4O2. The SMILES string of the molecule is Cc1noc(CNC(=O)Nc2ccc(Cl)cc2)n1. The van der Waals surface area contributed by atoms with E-state index in [1.807, 2.05) is 0 Å². The van der Waals surface area contributed by atoms with Gasteiger partial charge in [0.05, 0.1) is 6.54 Å². The number of anilines is 1. The number of carbonyl (C=O) groups excluding carboxylic acids is 1. The summed E-state index contributed by atoms with van der Waals surface area (Å²) < 4.78 is 4.86. The molecule has 0 aliphatic heterocycles. The molecule has 0 aliphatic carbocycles. The highest BCUT2D eigenvalue weighted by atomic mass is 35.5. The minimum absolute atomic E-state index is 0.181. The minimum Gasteiger partial charge on any atom is -0.337 e. The maximum atomic E-state index is 11.5. The van der Waals surface area contributed by atoms with E-state index in [4.69, 9.17) is 16.1 Å². The van der Waals surface area contributed by atoms with Crippen LogP contribution in [0, 0.1) is 6.92 Å². The Morgan fingerprint density at radius 2 is 2.11 bits per heavy atom. The number of benzene rings is 1. The van der Waals surface area contributed by atoms with Gasteiger partial charge >= 0.3 is 6.03 Å². The number of rotatable bonds is 3. The van der Waals surface area contributed by atoms with Crippen LogP contribution >= 0.6 is 11.6 Å². The van der Waals surface area contributed by atoms with E-state index >= 15 is 0 Å². The first-order valence-corrected chi connectivity index (χ1v) is 5.61. The van der Waals surface area contributed by atoms with Crippen molar-refractivity contribution in [1.82, 2.24) is 15.5 Å². The lowest BCUT2D eigenvalue weighted by atomic mass is 10.3. The highest BCUT2D eigenvalue weighted by molar-refractivity contribution is 6.30. The Balaban J connectivity index is 1.83. The number of amides is 2. The lowest BCUT2D eigenvalue weighted by Crippen LogP contribution is -2.28. The number of nitrogens with zero attached hydrogens (tertiary/aromatic N) is 2. The van der Waals surface area contributed by atoms with Gasteiger partial charge in [0.25, 0.3) is 0 Å². The Labute approximate surface area is 108 Å². The predicted molar refractivity (Wildman–Crippen MR) is 66.3 cm³/mol. The molecule has 0 atom stereocenters. The number of carbonyl (C=O) groups is 1. The number of halogens is 1. The lowest BCUT2D eigenvalue weighted by Gasteiger charge is -2.05. The summed E-state index contributed by atoms with van der Waals surface area (Å²) in [6.07, 6.45) is 0. The van der Waals surface area contributed by atoms with E-state index in [0.29, 0.717) is 22.4 Å². The topological polar surface area (TPSA) is 80.0 Å². The van der Waals surface area contributed by atoms with Crippen molar-refractivity contribution in [2.45, 2.75) is 13.5 Å². The predicted octanol–water partition coefficient (Wildman–Crippen LogP) is 2.35. The molecule has 1 aromatic carbocycles. The summed E-state index contributed by atoms with van der Waals surface area (Å²) >= 11 is 5.74. The van der Waals surface area contributed by atoms with Crippen LogP contribution in [-0.2, 0) is 6.54 Å². The van der Waals surface area contributed by atoms with Gasteiger partial charge in [0.15, 0.2) is 5.82 Å². The average molecular weight is 267 g/mol. The molecule has 0 unspecified atom stereocenters. The van der Waals surface area contributed by atoms with Crippen LogP contribution in [0.15, 0.2) is 28.8 Å². The number of nitrogens with one attached hydrogen (secondary N) is 2. The van der Waals surface area contributed by atoms with E-state index in [0.717, 1.165) is 0 Å². The van der Waals surface area contributed by atoms with Crippen molar-refractivity contribution in [3.05, 3.63) is 41.0 Å². The number of hydrogen-bond donors (Lipinski definition) is 2. The average Bonchev–Trinajstić information content (AvgIpc) is 2.76. The van der Waals surface area contributed by atoms with Gasteiger partial charge in [0, 0.05) is 10.7 Å². The second-order valence-electron chi connectivity index (χ2n) is 3.55. The summed E-state index contributed by atoms with van der Waals surface area (Å²) in [5.74, 6) is 0.892. The van der Waals surface area contributed by atoms with Gasteiger partial charge in [-0.2, -0.15) is 4.98 Å². The maximum absolute atomic E-state index is 11.5. The van der Waals surface area contributed by atoms with Gasteiger partial charge in [-0.1, -0.05) is 16.8 Å². The number of aromatic nitrogens is 2. The van der Waals surface area contributed by atoms with Gasteiger partial charge in [-0.15, -0.1) is 0 Å². The number of aryl methyl sites for hydroxylation is 1. The van der Waals surface area contributed by atoms with Crippen LogP contribution in [-0.4, -0.2) is 16.2 Å². The molecule has 2 N–H and O–H groups in total. The first kappa shape index (κ1) is 12.4. The van der Waals surface area contributed by atoms with Gasteiger partial charge in [0.1, 0.15) is 0 Å². The smallest absolute Gasteiger partial charge is 0.319 e. The molecule has 0 saturated carbocycles. The fourth-order valence-corrected chi connectivity index (χ4v) is 1.40. The second-order valence-corrected chi connectivity index (χ2v) is 3.99. The molecular weight excluding hydrogens is 256 g/mol. The molecule has 1 aromatic heterocycles. The maximum Gasteiger partial charge on any atom is 0.319 e. The fourth-order valence-electron chi connectivity index (χ4n) is 1.28. The van der Waals surface area contributed by atoms with Gasteiger partial charge in [-0.25, -0.2) is 4.79 Å². The van der Waals surface area contributed by atoms with Gasteiger partial charge in [-0.05, 0) is 31.2 Å². The third-order valence-corrected chi connectivity index (χ3v) is 2.32. The lowest BCUT2D eigenvalue weighted by molar-refractivity contribution is 0.249. The fraction of sp³-hybridized carbons (Fsp3) is 0.182. The van der Waals surface area contributed by atoms with Crippen molar-refractivity contribution in [2.75, 3.05) is 5.32 Å². The number of urea groups is 1. The summed E-state index contributed by atoms with van der Waals surface area (Å²) in [4.78, 5) is 15.5. The molecule has 0 fully saturated rings. The standard InChI is InChI=1S/C11H11ClN4O2/c1-7-14-10(18-16-7)6-13-11(17)15-9-4-2-8(12)3-5-9/h2-5H,6H2,1H3,(H2,13,15,17). The summed E-state index contributed by atoms with van der Waals surface area (Å²) in [5.41, 5.74) is 0.651. The Morgan fingerprint density at radius 1 is 1.39 bits per heavy atom. The molecule has 0 saturated heterocycles. The molecule has 18 heavy (non-hydrogen) atoms. The molecule has 0 bridgehead atoms. The quantitative estimate of drug-likeness (QED) is 0.894. The summed E-state index contributed by atoms with van der Waals surface area (Å²) in [6.45, 7) is 1.89. The van der Waals surface area contributed by atoms with Crippen molar-refractivity contribution >= 4 is 23.3 Å². The molecule has 7 heteroatoms. The molecule has 2 rings (SSSR count). The summed E-state index contributed by atoms with van der Waals surface area (Å²) in [5, 5.41) is 9.47. The zero-order valence-corrected chi connectivity index (χ0v) is 10.4. The molecule has 0 radical (unpaired) electrons. The van der Waals surface area contributed by atoms with Crippen molar-refractivity contribution in [3.63, 3.8) is 0 Å². The molecule has 1 heterocycles. The van der Waals surface area contributed by atoms with Crippen LogP contribution < -0.4 is 10.6 Å². The van der Waals surface area contributed by atoms with E-state index in [1.165, 1.54) is 0 Å². The van der Waals surface area contributed by atoms with Crippen molar-refractivity contribution in [2.24, 2.45) is 0 Å². The highest BCUT2D eigenvalue weighted by Crippen LogP contribution is 2.13. The third-order valence-electron chi connectivity index (χ3n) is 2.07. The molecule has 0 spiro atoms. The molecule has 2 amide bonds. The normalized spacial score (nSPS) is 10.1. The Morgan fingerprint density at radius 3 is 2.72 bits per heavy atom. The Kier molecular flexibility index (Phi) is 3.78. The van der Waals surface area contributed by atoms with E-state index in [2.05, 4.69) is 20.8 Å². The van der Waals surface area contributed by atoms with Crippen LogP contribution in [0.25, 0.3) is 0 Å². The van der Waals surface area contributed by atoms with Gasteiger partial charge in [0.2, 0.25) is 5.89 Å². The van der Waals surface area contributed by atoms with Crippen LogP contribution in [0.5, 0.6) is 0 Å². The molecule has 6 nitrogen and oxygen atoms in total. The zero-order chi connectivity index (χ0) is 13.0. The van der Waals surface area contributed by atoms with Crippen molar-refractivity contribution in [3.8, 4) is 0 Å². The van der Waals surface area contributed by atoms with Crippen molar-refractivity contribution in [1.29, 1.82) is 0 Å². The van der Waals surface area contributed by atoms with Crippen molar-refractivity contribution < 1.29 is 9.32 Å². The summed E-state index contributed by atoms with van der Waals surface area (Å²) in [6, 6.07) is 6.45. The molecule has 2 aromatic rings. The van der Waals surface area contributed by atoms with E-state index < -0.39 is 0 Å². The first-order chi connectivity index (χ1) is 8.63. The second kappa shape index (κ2) is 5.50. The Hall–Kier alpha value is -2.08. The van der Waals surface area contributed by atoms with E-state index in [-0.39, 0.29) is 12.6 Å². The van der Waals surface area contributed by atoms with Crippen LogP contribution in [0.1, 0.15) is 11.7 Å². The zero-order valence-electron chi connectivity index (χ0n) is 9.61. The monoisotopic (exact) mass is 266 g/mol. The first-order valence-electron chi connectivity index (χ1n) is 5.23. The third kappa shape index (κ3) is 3.46. The number of hydrogen-bond acceptors (Lipinski definition) is 4. The van der Waals surface area contributed by atoms with Crippen LogP contribution in [0.3, 0.4) is 0 Å².